The Morgan fingerprint density at radius 3 is 2.88 bits per heavy atom. The summed E-state index contributed by atoms with van der Waals surface area (Å²) in [5.74, 6) is 0.938. The maximum atomic E-state index is 12.4. The number of fused-ring (bicyclic) bond motifs is 1. The van der Waals surface area contributed by atoms with E-state index in [4.69, 9.17) is 9.47 Å². The van der Waals surface area contributed by atoms with Crippen LogP contribution in [0.2, 0.25) is 0 Å². The van der Waals surface area contributed by atoms with Crippen molar-refractivity contribution in [3.63, 3.8) is 0 Å². The molecule has 1 amide bonds. The molecule has 0 aromatic heterocycles. The van der Waals surface area contributed by atoms with Crippen molar-refractivity contribution >= 4 is 17.3 Å². The minimum atomic E-state index is -0.487. The zero-order chi connectivity index (χ0) is 18.7. The molecule has 1 heterocycles. The first-order chi connectivity index (χ1) is 12.5. The Balaban J connectivity index is 1.81. The molecule has 136 valence electrons. The second kappa shape index (κ2) is 7.43. The zero-order valence-electron chi connectivity index (χ0n) is 14.7. The Labute approximate surface area is 151 Å². The van der Waals surface area contributed by atoms with Crippen molar-refractivity contribution in [3.05, 3.63) is 57.6 Å². The fraction of sp³-hybridized carbons (Fsp3) is 0.316. The van der Waals surface area contributed by atoms with Gasteiger partial charge in [0.15, 0.2) is 0 Å². The third kappa shape index (κ3) is 3.77. The van der Waals surface area contributed by atoms with Crippen LogP contribution in [0.15, 0.2) is 36.4 Å². The first-order valence-corrected chi connectivity index (χ1v) is 8.46. The topological polar surface area (TPSA) is 90.7 Å². The molecule has 0 bridgehead atoms. The van der Waals surface area contributed by atoms with Crippen molar-refractivity contribution in [1.29, 1.82) is 0 Å². The minimum Gasteiger partial charge on any atom is -0.492 e. The second-order valence-corrected chi connectivity index (χ2v) is 6.13. The third-order valence-electron chi connectivity index (χ3n) is 4.11. The van der Waals surface area contributed by atoms with Gasteiger partial charge in [0.25, 0.3) is 5.69 Å². The van der Waals surface area contributed by atoms with Crippen molar-refractivity contribution in [2.75, 3.05) is 11.9 Å². The molecule has 7 nitrogen and oxygen atoms in total. The van der Waals surface area contributed by atoms with E-state index in [9.17, 15) is 14.9 Å². The summed E-state index contributed by atoms with van der Waals surface area (Å²) in [7, 11) is 0. The summed E-state index contributed by atoms with van der Waals surface area (Å²) in [5, 5.41) is 13.9. The Hall–Kier alpha value is -3.09. The highest BCUT2D eigenvalue weighted by atomic mass is 16.6. The highest BCUT2D eigenvalue weighted by Crippen LogP contribution is 2.38. The number of amides is 1. The van der Waals surface area contributed by atoms with E-state index >= 15 is 0 Å². The molecule has 0 fully saturated rings. The number of rotatable bonds is 6. The summed E-state index contributed by atoms with van der Waals surface area (Å²) in [5.41, 5.74) is 1.83. The number of carbonyl (C=O) groups is 1. The van der Waals surface area contributed by atoms with Crippen molar-refractivity contribution in [1.82, 2.24) is 0 Å². The largest absolute Gasteiger partial charge is 0.492 e. The normalized spacial score (nSPS) is 15.1. The van der Waals surface area contributed by atoms with E-state index in [0.29, 0.717) is 23.6 Å². The molecule has 2 aromatic rings. The summed E-state index contributed by atoms with van der Waals surface area (Å²) in [4.78, 5) is 23.1. The monoisotopic (exact) mass is 356 g/mol. The maximum absolute atomic E-state index is 12.4. The SMILES string of the molecule is CCOc1cc2c(cc1NC(=O)Cc1ccccc1[N+](=O)[O-])OC(C)C2. The summed E-state index contributed by atoms with van der Waals surface area (Å²) >= 11 is 0. The number of nitro benzene ring substituents is 1. The number of hydrogen-bond donors (Lipinski definition) is 1. The average molecular weight is 356 g/mol. The number of para-hydroxylation sites is 1. The van der Waals surface area contributed by atoms with E-state index in [1.54, 1.807) is 24.3 Å². The summed E-state index contributed by atoms with van der Waals surface area (Å²) < 4.78 is 11.4. The van der Waals surface area contributed by atoms with Gasteiger partial charge in [-0.25, -0.2) is 0 Å². The molecule has 0 saturated carbocycles. The molecule has 0 aliphatic carbocycles. The lowest BCUT2D eigenvalue weighted by molar-refractivity contribution is -0.385. The van der Waals surface area contributed by atoms with E-state index < -0.39 is 4.92 Å². The number of nitrogens with zero attached hydrogens (tertiary/aromatic N) is 1. The summed E-state index contributed by atoms with van der Waals surface area (Å²) in [6.45, 7) is 4.31. The molecule has 1 N–H and O–H groups in total. The van der Waals surface area contributed by atoms with Crippen molar-refractivity contribution in [2.45, 2.75) is 32.8 Å². The van der Waals surface area contributed by atoms with Gasteiger partial charge in [0, 0.05) is 29.7 Å². The highest BCUT2D eigenvalue weighted by molar-refractivity contribution is 5.94. The summed E-state index contributed by atoms with van der Waals surface area (Å²) in [6.07, 6.45) is 0.772. The Bertz CT molecular complexity index is 850. The Morgan fingerprint density at radius 1 is 1.38 bits per heavy atom. The van der Waals surface area contributed by atoms with Gasteiger partial charge in [0.2, 0.25) is 5.91 Å². The summed E-state index contributed by atoms with van der Waals surface area (Å²) in [6, 6.07) is 9.84. The first kappa shape index (κ1) is 17.7. The fourth-order valence-electron chi connectivity index (χ4n) is 3.02. The van der Waals surface area contributed by atoms with Crippen LogP contribution >= 0.6 is 0 Å². The van der Waals surface area contributed by atoms with Crippen LogP contribution in [-0.2, 0) is 17.6 Å². The van der Waals surface area contributed by atoms with Crippen LogP contribution in [-0.4, -0.2) is 23.5 Å². The van der Waals surface area contributed by atoms with Crippen LogP contribution in [0.3, 0.4) is 0 Å². The fourth-order valence-corrected chi connectivity index (χ4v) is 3.02. The molecule has 0 saturated heterocycles. The van der Waals surface area contributed by atoms with E-state index in [0.717, 1.165) is 17.7 Å². The van der Waals surface area contributed by atoms with Crippen molar-refractivity contribution in [2.24, 2.45) is 0 Å². The van der Waals surface area contributed by atoms with Crippen molar-refractivity contribution in [3.8, 4) is 11.5 Å². The molecule has 1 aliphatic heterocycles. The van der Waals surface area contributed by atoms with Gasteiger partial charge in [0.1, 0.15) is 17.6 Å². The van der Waals surface area contributed by atoms with E-state index in [2.05, 4.69) is 5.32 Å². The van der Waals surface area contributed by atoms with Crippen LogP contribution in [0.5, 0.6) is 11.5 Å². The van der Waals surface area contributed by atoms with Crippen LogP contribution in [0.4, 0.5) is 11.4 Å². The van der Waals surface area contributed by atoms with Gasteiger partial charge >= 0.3 is 0 Å². The molecule has 26 heavy (non-hydrogen) atoms. The lowest BCUT2D eigenvalue weighted by Gasteiger charge is -2.13. The third-order valence-corrected chi connectivity index (χ3v) is 4.11. The molecule has 3 rings (SSSR count). The first-order valence-electron chi connectivity index (χ1n) is 8.46. The lowest BCUT2D eigenvalue weighted by Crippen LogP contribution is -2.16. The smallest absolute Gasteiger partial charge is 0.273 e. The zero-order valence-corrected chi connectivity index (χ0v) is 14.7. The van der Waals surface area contributed by atoms with Crippen LogP contribution in [0.25, 0.3) is 0 Å². The van der Waals surface area contributed by atoms with Gasteiger partial charge in [0.05, 0.1) is 23.6 Å². The molecule has 1 unspecified atom stereocenters. The number of ether oxygens (including phenoxy) is 2. The number of nitrogens with one attached hydrogen (secondary N) is 1. The molecule has 0 spiro atoms. The van der Waals surface area contributed by atoms with Gasteiger partial charge in [-0.1, -0.05) is 18.2 Å². The predicted octanol–water partition coefficient (Wildman–Crippen LogP) is 3.50. The van der Waals surface area contributed by atoms with Gasteiger partial charge in [-0.05, 0) is 19.9 Å². The average Bonchev–Trinajstić information content (AvgIpc) is 2.94. The lowest BCUT2D eigenvalue weighted by atomic mass is 10.1. The highest BCUT2D eigenvalue weighted by Gasteiger charge is 2.23. The van der Waals surface area contributed by atoms with Gasteiger partial charge in [-0.15, -0.1) is 0 Å². The maximum Gasteiger partial charge on any atom is 0.273 e. The number of anilines is 1. The minimum absolute atomic E-state index is 0.0706. The van der Waals surface area contributed by atoms with Crippen LogP contribution < -0.4 is 14.8 Å². The van der Waals surface area contributed by atoms with Crippen LogP contribution in [0, 0.1) is 10.1 Å². The molecular weight excluding hydrogens is 336 g/mol. The molecule has 2 aromatic carbocycles. The second-order valence-electron chi connectivity index (χ2n) is 6.13. The molecule has 1 atom stereocenters. The van der Waals surface area contributed by atoms with Crippen molar-refractivity contribution < 1.29 is 19.2 Å². The van der Waals surface area contributed by atoms with Gasteiger partial charge in [-0.3, -0.25) is 14.9 Å². The van der Waals surface area contributed by atoms with Crippen LogP contribution in [0.1, 0.15) is 25.0 Å². The van der Waals surface area contributed by atoms with E-state index in [1.165, 1.54) is 6.07 Å². The molecule has 0 radical (unpaired) electrons. The quantitative estimate of drug-likeness (QED) is 0.632. The molecular formula is C19H20N2O5. The Morgan fingerprint density at radius 2 is 2.15 bits per heavy atom. The van der Waals surface area contributed by atoms with E-state index in [1.807, 2.05) is 19.9 Å². The molecule has 1 aliphatic rings. The van der Waals surface area contributed by atoms with Gasteiger partial charge in [-0.2, -0.15) is 0 Å². The standard InChI is InChI=1S/C19H20N2O5/c1-3-25-18-9-14-8-12(2)26-17(14)11-15(18)20-19(22)10-13-6-4-5-7-16(13)21(23)24/h4-7,9,11-12H,3,8,10H2,1-2H3,(H,20,22). The predicted molar refractivity (Wildman–Crippen MR) is 96.8 cm³/mol. The van der Waals surface area contributed by atoms with Gasteiger partial charge < -0.3 is 14.8 Å². The Kier molecular flexibility index (Phi) is 5.06. The number of hydrogen-bond acceptors (Lipinski definition) is 5. The van der Waals surface area contributed by atoms with E-state index in [-0.39, 0.29) is 24.1 Å². The number of nitro groups is 1. The number of benzene rings is 2. The molecule has 7 heteroatoms. The number of carbonyl (C=O) groups excluding carboxylic acids is 1.